The van der Waals surface area contributed by atoms with Crippen molar-refractivity contribution >= 4 is 12.1 Å². The molecule has 4 fully saturated rings. The summed E-state index contributed by atoms with van der Waals surface area (Å²) in [6.07, 6.45) is 1.70. The number of nitrogens with zero attached hydrogens (tertiary/aromatic N) is 1. The Hall–Kier alpha value is -1.26. The Morgan fingerprint density at radius 1 is 1.21 bits per heavy atom. The maximum Gasteiger partial charge on any atom is 0.410 e. The van der Waals surface area contributed by atoms with E-state index in [1.54, 1.807) is 4.90 Å². The van der Waals surface area contributed by atoms with E-state index in [2.05, 4.69) is 0 Å². The molecule has 0 spiro atoms. The first-order valence-electron chi connectivity index (χ1n) is 7.02. The molecule has 5 atom stereocenters. The Bertz CT molecular complexity index is 428. The second-order valence-electron chi connectivity index (χ2n) is 7.06. The lowest BCUT2D eigenvalue weighted by Crippen LogP contribution is -2.53. The Morgan fingerprint density at radius 3 is 2.47 bits per heavy atom. The molecule has 2 aliphatic heterocycles. The number of carboxylic acids is 1. The van der Waals surface area contributed by atoms with E-state index < -0.39 is 11.6 Å². The van der Waals surface area contributed by atoms with Crippen LogP contribution in [0.15, 0.2) is 0 Å². The highest BCUT2D eigenvalue weighted by molar-refractivity contribution is 5.76. The van der Waals surface area contributed by atoms with Gasteiger partial charge in [0.25, 0.3) is 0 Å². The molecule has 5 nitrogen and oxygen atoms in total. The minimum Gasteiger partial charge on any atom is -0.481 e. The van der Waals surface area contributed by atoms with Crippen molar-refractivity contribution in [3.05, 3.63) is 0 Å². The Kier molecular flexibility index (Phi) is 2.60. The number of hydrogen-bond acceptors (Lipinski definition) is 3. The van der Waals surface area contributed by atoms with Gasteiger partial charge in [0.05, 0.1) is 5.92 Å². The number of carbonyl (C=O) groups excluding carboxylic acids is 1. The van der Waals surface area contributed by atoms with Gasteiger partial charge in [0, 0.05) is 12.6 Å². The minimum absolute atomic E-state index is 0.0750. The van der Waals surface area contributed by atoms with Gasteiger partial charge in [0.2, 0.25) is 0 Å². The van der Waals surface area contributed by atoms with Crippen LogP contribution >= 0.6 is 0 Å². The molecule has 0 radical (unpaired) electrons. The highest BCUT2D eigenvalue weighted by Gasteiger charge is 2.68. The lowest BCUT2D eigenvalue weighted by molar-refractivity contribution is -0.139. The van der Waals surface area contributed by atoms with Crippen LogP contribution in [0, 0.1) is 23.7 Å². The van der Waals surface area contributed by atoms with Crippen LogP contribution in [-0.4, -0.2) is 40.3 Å². The van der Waals surface area contributed by atoms with Crippen LogP contribution in [0.1, 0.15) is 33.6 Å². The fourth-order valence-electron chi connectivity index (χ4n) is 4.06. The van der Waals surface area contributed by atoms with Gasteiger partial charge < -0.3 is 14.7 Å². The highest BCUT2D eigenvalue weighted by Crippen LogP contribution is 2.62. The molecule has 2 saturated carbocycles. The number of piperidine rings is 2. The number of carboxylic acid groups (broad SMARTS) is 1. The molecule has 106 valence electrons. The number of hydrogen-bond donors (Lipinski definition) is 1. The average Bonchev–Trinajstić information content (AvgIpc) is 3.03. The van der Waals surface area contributed by atoms with Gasteiger partial charge >= 0.3 is 12.1 Å². The van der Waals surface area contributed by atoms with E-state index in [0.29, 0.717) is 18.4 Å². The molecule has 0 aromatic heterocycles. The molecule has 1 amide bonds. The van der Waals surface area contributed by atoms with Gasteiger partial charge in [-0.3, -0.25) is 4.79 Å². The van der Waals surface area contributed by atoms with E-state index in [0.717, 1.165) is 12.8 Å². The molecule has 5 unspecified atom stereocenters. The number of amides is 1. The maximum atomic E-state index is 12.2. The SMILES string of the molecule is CC(C)(C)OC(=O)N1CC2CCC1C1C(C(=O)O)C21. The summed E-state index contributed by atoms with van der Waals surface area (Å²) in [5.74, 6) is -0.112. The second-order valence-corrected chi connectivity index (χ2v) is 7.06. The third kappa shape index (κ3) is 1.99. The zero-order valence-corrected chi connectivity index (χ0v) is 11.6. The minimum atomic E-state index is -0.696. The van der Waals surface area contributed by atoms with Gasteiger partial charge in [-0.25, -0.2) is 4.79 Å². The van der Waals surface area contributed by atoms with E-state index >= 15 is 0 Å². The van der Waals surface area contributed by atoms with Crippen LogP contribution in [0.2, 0.25) is 0 Å². The van der Waals surface area contributed by atoms with Gasteiger partial charge in [0.15, 0.2) is 0 Å². The molecule has 19 heavy (non-hydrogen) atoms. The smallest absolute Gasteiger partial charge is 0.410 e. The molecular weight excluding hydrogens is 246 g/mol. The normalized spacial score (nSPS) is 39.7. The van der Waals surface area contributed by atoms with Crippen molar-refractivity contribution in [1.82, 2.24) is 4.90 Å². The van der Waals surface area contributed by atoms with E-state index in [1.807, 2.05) is 20.8 Å². The molecule has 0 aromatic carbocycles. The first kappa shape index (κ1) is 12.8. The Labute approximate surface area is 112 Å². The predicted octanol–water partition coefficient (Wildman–Crippen LogP) is 1.96. The van der Waals surface area contributed by atoms with Crippen molar-refractivity contribution < 1.29 is 19.4 Å². The van der Waals surface area contributed by atoms with Crippen molar-refractivity contribution in [2.75, 3.05) is 6.54 Å². The maximum absolute atomic E-state index is 12.2. The van der Waals surface area contributed by atoms with E-state index in [-0.39, 0.29) is 24.0 Å². The Balaban J connectivity index is 1.74. The summed E-state index contributed by atoms with van der Waals surface area (Å²) >= 11 is 0. The zero-order chi connectivity index (χ0) is 13.9. The van der Waals surface area contributed by atoms with Crippen molar-refractivity contribution in [2.45, 2.75) is 45.3 Å². The summed E-state index contributed by atoms with van der Waals surface area (Å²) in [4.78, 5) is 25.2. The standard InChI is InChI=1S/C14H21NO4/c1-14(2,3)19-13(18)15-6-7-4-5-8(15)10-9(7)11(10)12(16)17/h7-11H,4-6H2,1-3H3,(H,16,17). The molecule has 0 aromatic rings. The van der Waals surface area contributed by atoms with Crippen molar-refractivity contribution in [1.29, 1.82) is 0 Å². The van der Waals surface area contributed by atoms with E-state index in [1.165, 1.54) is 0 Å². The summed E-state index contributed by atoms with van der Waals surface area (Å²) in [6, 6.07) is 0.0750. The van der Waals surface area contributed by atoms with Gasteiger partial charge in [-0.15, -0.1) is 0 Å². The highest BCUT2D eigenvalue weighted by atomic mass is 16.6. The number of rotatable bonds is 1. The van der Waals surface area contributed by atoms with Gasteiger partial charge in [-0.2, -0.15) is 0 Å². The molecule has 2 aliphatic carbocycles. The number of aliphatic carboxylic acids is 1. The van der Waals surface area contributed by atoms with Crippen LogP contribution in [-0.2, 0) is 9.53 Å². The fourth-order valence-corrected chi connectivity index (χ4v) is 4.06. The molecule has 2 bridgehead atoms. The molecule has 4 rings (SSSR count). The third-order valence-electron chi connectivity index (χ3n) is 4.70. The molecule has 2 heterocycles. The summed E-state index contributed by atoms with van der Waals surface area (Å²) in [7, 11) is 0. The van der Waals surface area contributed by atoms with Crippen LogP contribution in [0.4, 0.5) is 4.79 Å². The molecule has 5 heteroatoms. The first-order chi connectivity index (χ1) is 8.79. The first-order valence-corrected chi connectivity index (χ1v) is 7.02. The fraction of sp³-hybridized carbons (Fsp3) is 0.857. The van der Waals surface area contributed by atoms with Gasteiger partial charge in [-0.05, 0) is 51.4 Å². The van der Waals surface area contributed by atoms with Crippen molar-refractivity contribution in [2.24, 2.45) is 23.7 Å². The van der Waals surface area contributed by atoms with Crippen LogP contribution < -0.4 is 0 Å². The quantitative estimate of drug-likeness (QED) is 0.788. The van der Waals surface area contributed by atoms with E-state index in [9.17, 15) is 14.7 Å². The lowest BCUT2D eigenvalue weighted by Gasteiger charge is -2.44. The van der Waals surface area contributed by atoms with Gasteiger partial charge in [0.1, 0.15) is 5.60 Å². The number of carbonyl (C=O) groups is 2. The average molecular weight is 267 g/mol. The predicted molar refractivity (Wildman–Crippen MR) is 67.6 cm³/mol. The van der Waals surface area contributed by atoms with Crippen molar-refractivity contribution in [3.63, 3.8) is 0 Å². The van der Waals surface area contributed by atoms with E-state index in [4.69, 9.17) is 4.74 Å². The van der Waals surface area contributed by atoms with Crippen LogP contribution in [0.25, 0.3) is 0 Å². The topological polar surface area (TPSA) is 66.8 Å². The van der Waals surface area contributed by atoms with Crippen LogP contribution in [0.3, 0.4) is 0 Å². The van der Waals surface area contributed by atoms with Crippen LogP contribution in [0.5, 0.6) is 0 Å². The molecule has 1 N–H and O–H groups in total. The molecule has 2 saturated heterocycles. The third-order valence-corrected chi connectivity index (χ3v) is 4.70. The summed E-state index contributed by atoms with van der Waals surface area (Å²) in [6.45, 7) is 6.23. The number of ether oxygens (including phenoxy) is 1. The molecular formula is C14H21NO4. The summed E-state index contributed by atoms with van der Waals surface area (Å²) in [5, 5.41) is 9.22. The Morgan fingerprint density at radius 2 is 1.89 bits per heavy atom. The second kappa shape index (κ2) is 3.87. The monoisotopic (exact) mass is 267 g/mol. The van der Waals surface area contributed by atoms with Gasteiger partial charge in [-0.1, -0.05) is 0 Å². The summed E-state index contributed by atoms with van der Waals surface area (Å²) < 4.78 is 5.43. The molecule has 4 aliphatic rings. The number of fused-ring (bicyclic) bond motifs is 2. The lowest BCUT2D eigenvalue weighted by atomic mass is 9.80. The zero-order valence-electron chi connectivity index (χ0n) is 11.6. The largest absolute Gasteiger partial charge is 0.481 e. The summed E-state index contributed by atoms with van der Waals surface area (Å²) in [5.41, 5.74) is -0.497. The van der Waals surface area contributed by atoms with Crippen molar-refractivity contribution in [3.8, 4) is 0 Å².